The molecule has 122 valence electrons. The summed E-state index contributed by atoms with van der Waals surface area (Å²) in [6.45, 7) is 9.06. The molecule has 0 bridgehead atoms. The molecule has 4 atom stereocenters. The Hall–Kier alpha value is -0.650. The summed E-state index contributed by atoms with van der Waals surface area (Å²) in [7, 11) is 0. The Bertz CT molecular complexity index is 362. The molecule has 2 heterocycles. The molecule has 2 aliphatic rings. The van der Waals surface area contributed by atoms with Gasteiger partial charge in [0, 0.05) is 18.7 Å². The quantitative estimate of drug-likeness (QED) is 0.814. The van der Waals surface area contributed by atoms with E-state index in [0.29, 0.717) is 19.3 Å². The van der Waals surface area contributed by atoms with Crippen molar-refractivity contribution in [1.29, 1.82) is 0 Å². The van der Waals surface area contributed by atoms with Gasteiger partial charge in [0.05, 0.1) is 24.7 Å². The van der Waals surface area contributed by atoms with Crippen molar-refractivity contribution in [2.75, 3.05) is 26.4 Å². The topological polar surface area (TPSA) is 59.0 Å². The predicted molar refractivity (Wildman–Crippen MR) is 80.4 cm³/mol. The van der Waals surface area contributed by atoms with Crippen LogP contribution >= 0.6 is 0 Å². The lowest BCUT2D eigenvalue weighted by molar-refractivity contribution is -0.144. The highest BCUT2D eigenvalue weighted by molar-refractivity contribution is 5.71. The van der Waals surface area contributed by atoms with Gasteiger partial charge in [-0.2, -0.15) is 0 Å². The molecule has 0 aromatic heterocycles. The predicted octanol–water partition coefficient (Wildman–Crippen LogP) is 2.15. The zero-order valence-electron chi connectivity index (χ0n) is 13.5. The van der Waals surface area contributed by atoms with E-state index in [1.165, 1.54) is 0 Å². The summed E-state index contributed by atoms with van der Waals surface area (Å²) < 4.78 is 11.4. The van der Waals surface area contributed by atoms with E-state index in [2.05, 4.69) is 25.7 Å². The van der Waals surface area contributed by atoms with Crippen LogP contribution in [0.4, 0.5) is 0 Å². The Labute approximate surface area is 127 Å². The van der Waals surface area contributed by atoms with Crippen LogP contribution in [0.15, 0.2) is 0 Å². The van der Waals surface area contributed by atoms with Gasteiger partial charge in [-0.25, -0.2) is 0 Å². The van der Waals surface area contributed by atoms with Crippen LogP contribution in [0.2, 0.25) is 0 Å². The number of hydrogen-bond donors (Lipinski definition) is 1. The van der Waals surface area contributed by atoms with Crippen LogP contribution in [0.3, 0.4) is 0 Å². The van der Waals surface area contributed by atoms with Crippen LogP contribution < -0.4 is 0 Å². The highest BCUT2D eigenvalue weighted by Gasteiger charge is 2.43. The van der Waals surface area contributed by atoms with Gasteiger partial charge < -0.3 is 14.6 Å². The minimum atomic E-state index is -0.732. The Morgan fingerprint density at radius 2 is 2.14 bits per heavy atom. The molecule has 0 aromatic carbocycles. The van der Waals surface area contributed by atoms with Gasteiger partial charge in [0.2, 0.25) is 0 Å². The first-order valence-electron chi connectivity index (χ1n) is 8.21. The van der Waals surface area contributed by atoms with Crippen molar-refractivity contribution in [3.05, 3.63) is 0 Å². The Balaban J connectivity index is 2.12. The third kappa shape index (κ3) is 3.76. The first kappa shape index (κ1) is 16.7. The molecule has 0 aliphatic carbocycles. The van der Waals surface area contributed by atoms with Crippen LogP contribution in [0.5, 0.6) is 0 Å². The van der Waals surface area contributed by atoms with E-state index < -0.39 is 11.9 Å². The van der Waals surface area contributed by atoms with E-state index in [1.807, 2.05) is 0 Å². The molecular formula is C16H29NO4. The first-order chi connectivity index (χ1) is 10.0. The molecule has 0 amide bonds. The zero-order valence-corrected chi connectivity index (χ0v) is 13.5. The maximum Gasteiger partial charge on any atom is 0.310 e. The fourth-order valence-electron chi connectivity index (χ4n) is 3.61. The van der Waals surface area contributed by atoms with E-state index in [9.17, 15) is 9.90 Å². The second-order valence-corrected chi connectivity index (χ2v) is 6.59. The first-order valence-corrected chi connectivity index (χ1v) is 8.21. The van der Waals surface area contributed by atoms with Gasteiger partial charge in [-0.1, -0.05) is 13.8 Å². The van der Waals surface area contributed by atoms with Crippen LogP contribution in [0.25, 0.3) is 0 Å². The third-order valence-corrected chi connectivity index (χ3v) is 5.06. The van der Waals surface area contributed by atoms with Crippen molar-refractivity contribution < 1.29 is 19.4 Å². The van der Waals surface area contributed by atoms with E-state index in [1.54, 1.807) is 0 Å². The van der Waals surface area contributed by atoms with Crippen molar-refractivity contribution >= 4 is 5.97 Å². The Kier molecular flexibility index (Phi) is 5.63. The molecule has 1 N–H and O–H groups in total. The van der Waals surface area contributed by atoms with E-state index >= 15 is 0 Å². The summed E-state index contributed by atoms with van der Waals surface area (Å²) in [5.41, 5.74) is -0.0763. The smallest absolute Gasteiger partial charge is 0.310 e. The molecule has 2 rings (SSSR count). The van der Waals surface area contributed by atoms with Crippen LogP contribution in [-0.2, 0) is 14.3 Å². The fraction of sp³-hybridized carbons (Fsp3) is 0.938. The van der Waals surface area contributed by atoms with Crippen molar-refractivity contribution in [2.45, 2.75) is 64.1 Å². The number of rotatable bonds is 6. The lowest BCUT2D eigenvalue weighted by atomic mass is 9.87. The average Bonchev–Trinajstić information content (AvgIpc) is 2.94. The van der Waals surface area contributed by atoms with Gasteiger partial charge in [-0.3, -0.25) is 9.69 Å². The Morgan fingerprint density at radius 3 is 2.76 bits per heavy atom. The van der Waals surface area contributed by atoms with Gasteiger partial charge in [0.1, 0.15) is 0 Å². The van der Waals surface area contributed by atoms with E-state index in [0.717, 1.165) is 38.8 Å². The summed E-state index contributed by atoms with van der Waals surface area (Å²) in [5.74, 6) is -1.13. The number of carbonyl (C=O) groups is 1. The van der Waals surface area contributed by atoms with Gasteiger partial charge in [0.25, 0.3) is 0 Å². The standard InChI is InChI=1S/C16H29NO4/c1-4-7-17(14-11-20-10-13(14)15(18)19)12-6-8-21-16(3,5-2)9-12/h12-14H,4-11H2,1-3H3,(H,18,19). The molecule has 2 saturated heterocycles. The Morgan fingerprint density at radius 1 is 1.38 bits per heavy atom. The summed E-state index contributed by atoms with van der Waals surface area (Å²) in [5, 5.41) is 9.42. The van der Waals surface area contributed by atoms with Crippen molar-refractivity contribution in [2.24, 2.45) is 5.92 Å². The summed E-state index contributed by atoms with van der Waals surface area (Å²) in [6, 6.07) is 0.406. The van der Waals surface area contributed by atoms with Crippen LogP contribution in [-0.4, -0.2) is 60.0 Å². The highest BCUT2D eigenvalue weighted by atomic mass is 16.5. The second kappa shape index (κ2) is 7.07. The number of nitrogens with zero attached hydrogens (tertiary/aromatic N) is 1. The maximum atomic E-state index is 11.5. The van der Waals surface area contributed by atoms with Crippen LogP contribution in [0.1, 0.15) is 46.5 Å². The van der Waals surface area contributed by atoms with Crippen molar-refractivity contribution in [3.63, 3.8) is 0 Å². The monoisotopic (exact) mass is 299 g/mol. The molecular weight excluding hydrogens is 270 g/mol. The minimum absolute atomic E-state index is 0.00616. The van der Waals surface area contributed by atoms with Crippen LogP contribution in [0, 0.1) is 5.92 Å². The lowest BCUT2D eigenvalue weighted by Crippen LogP contribution is -2.54. The molecule has 5 heteroatoms. The van der Waals surface area contributed by atoms with Gasteiger partial charge in [-0.05, 0) is 39.2 Å². The molecule has 0 aromatic rings. The molecule has 4 unspecified atom stereocenters. The van der Waals surface area contributed by atoms with Crippen molar-refractivity contribution in [3.8, 4) is 0 Å². The van der Waals surface area contributed by atoms with E-state index in [4.69, 9.17) is 9.47 Å². The summed E-state index contributed by atoms with van der Waals surface area (Å²) >= 11 is 0. The zero-order chi connectivity index (χ0) is 15.5. The second-order valence-electron chi connectivity index (χ2n) is 6.59. The fourth-order valence-corrected chi connectivity index (χ4v) is 3.61. The van der Waals surface area contributed by atoms with Gasteiger partial charge in [-0.15, -0.1) is 0 Å². The third-order valence-electron chi connectivity index (χ3n) is 5.06. The van der Waals surface area contributed by atoms with E-state index in [-0.39, 0.29) is 11.6 Å². The highest BCUT2D eigenvalue weighted by Crippen LogP contribution is 2.33. The molecule has 21 heavy (non-hydrogen) atoms. The average molecular weight is 299 g/mol. The molecule has 0 spiro atoms. The lowest BCUT2D eigenvalue weighted by Gasteiger charge is -2.45. The molecule has 0 radical (unpaired) electrons. The number of carboxylic acid groups (broad SMARTS) is 1. The van der Waals surface area contributed by atoms with Crippen molar-refractivity contribution in [1.82, 2.24) is 4.90 Å². The normalized spacial score (nSPS) is 37.0. The number of aliphatic carboxylic acids is 1. The molecule has 2 aliphatic heterocycles. The minimum Gasteiger partial charge on any atom is -0.481 e. The molecule has 2 fully saturated rings. The SMILES string of the molecule is CCCN(C1CCOC(C)(CC)C1)C1COCC1C(=O)O. The van der Waals surface area contributed by atoms with Gasteiger partial charge >= 0.3 is 5.97 Å². The van der Waals surface area contributed by atoms with Gasteiger partial charge in [0.15, 0.2) is 0 Å². The maximum absolute atomic E-state index is 11.5. The number of ether oxygens (including phenoxy) is 2. The number of carboxylic acids is 1. The summed E-state index contributed by atoms with van der Waals surface area (Å²) in [4.78, 5) is 13.8. The molecule has 0 saturated carbocycles. The number of hydrogen-bond acceptors (Lipinski definition) is 4. The largest absolute Gasteiger partial charge is 0.481 e. The summed E-state index contributed by atoms with van der Waals surface area (Å²) in [6.07, 6.45) is 3.99. The molecule has 5 nitrogen and oxygen atoms in total.